The van der Waals surface area contributed by atoms with Gasteiger partial charge in [0, 0.05) is 12.8 Å². The lowest BCUT2D eigenvalue weighted by atomic mass is 9.33. The molecule has 1 saturated heterocycles. The van der Waals surface area contributed by atoms with Crippen LogP contribution in [0, 0.1) is 50.2 Å². The molecule has 46 heavy (non-hydrogen) atoms. The van der Waals surface area contributed by atoms with E-state index in [0.717, 1.165) is 38.5 Å². The highest BCUT2D eigenvalue weighted by atomic mass is 16.7. The maximum Gasteiger partial charge on any atom is 0.310 e. The van der Waals surface area contributed by atoms with Crippen LogP contribution in [0.15, 0.2) is 11.6 Å². The van der Waals surface area contributed by atoms with Gasteiger partial charge in [-0.05, 0) is 96.7 Å². The fraction of sp³-hybridized carbons (Fsp3) is 0.892. The number of carbonyl (C=O) groups is 2. The van der Waals surface area contributed by atoms with Gasteiger partial charge in [0.2, 0.25) is 0 Å². The Morgan fingerprint density at radius 3 is 2.22 bits per heavy atom. The van der Waals surface area contributed by atoms with Crippen LogP contribution in [-0.4, -0.2) is 75.8 Å². The Labute approximate surface area is 274 Å². The van der Waals surface area contributed by atoms with Crippen molar-refractivity contribution in [1.82, 2.24) is 0 Å². The van der Waals surface area contributed by atoms with Crippen LogP contribution < -0.4 is 0 Å². The molecular formula is C37H58O9. The van der Waals surface area contributed by atoms with Crippen molar-refractivity contribution in [2.24, 2.45) is 50.2 Å². The summed E-state index contributed by atoms with van der Waals surface area (Å²) in [5.74, 6) is -0.967. The molecule has 1 heterocycles. The van der Waals surface area contributed by atoms with Crippen LogP contribution in [0.1, 0.15) is 113 Å². The molecular weight excluding hydrogens is 588 g/mol. The van der Waals surface area contributed by atoms with Crippen molar-refractivity contribution in [2.45, 2.75) is 150 Å². The fourth-order valence-corrected chi connectivity index (χ4v) is 12.2. The van der Waals surface area contributed by atoms with E-state index in [9.17, 15) is 30.0 Å². The third kappa shape index (κ3) is 4.64. The zero-order valence-electron chi connectivity index (χ0n) is 29.2. The van der Waals surface area contributed by atoms with Gasteiger partial charge in [0.05, 0.1) is 24.2 Å². The van der Waals surface area contributed by atoms with Crippen molar-refractivity contribution in [1.29, 1.82) is 0 Å². The second-order valence-corrected chi connectivity index (χ2v) is 18.0. The number of esters is 1. The second-order valence-electron chi connectivity index (χ2n) is 18.0. The lowest BCUT2D eigenvalue weighted by Crippen LogP contribution is -2.67. The third-order valence-electron chi connectivity index (χ3n) is 15.2. The molecule has 4 N–H and O–H groups in total. The van der Waals surface area contributed by atoms with Gasteiger partial charge in [0.15, 0.2) is 12.4 Å². The molecule has 1 aliphatic heterocycles. The lowest BCUT2D eigenvalue weighted by Gasteiger charge is -2.71. The average molecular weight is 647 g/mol. The van der Waals surface area contributed by atoms with Gasteiger partial charge in [-0.1, -0.05) is 60.1 Å². The predicted molar refractivity (Wildman–Crippen MR) is 170 cm³/mol. The Morgan fingerprint density at radius 2 is 1.57 bits per heavy atom. The number of fused-ring (bicyclic) bond motifs is 7. The average Bonchev–Trinajstić information content (AvgIpc) is 2.96. The number of carbonyl (C=O) groups excluding carboxylic acids is 1. The minimum absolute atomic E-state index is 0.00556. The second kappa shape index (κ2) is 11.0. The van der Waals surface area contributed by atoms with Gasteiger partial charge >= 0.3 is 11.9 Å². The van der Waals surface area contributed by atoms with E-state index in [1.807, 2.05) is 0 Å². The van der Waals surface area contributed by atoms with Crippen molar-refractivity contribution in [2.75, 3.05) is 6.61 Å². The highest BCUT2D eigenvalue weighted by Gasteiger charge is 2.70. The van der Waals surface area contributed by atoms with E-state index in [2.05, 4.69) is 54.5 Å². The van der Waals surface area contributed by atoms with Crippen molar-refractivity contribution >= 4 is 11.9 Å². The third-order valence-corrected chi connectivity index (χ3v) is 15.2. The van der Waals surface area contributed by atoms with E-state index in [1.165, 1.54) is 12.5 Å². The van der Waals surface area contributed by atoms with Gasteiger partial charge in [-0.3, -0.25) is 9.59 Å². The number of hydrogen-bond acceptors (Lipinski definition) is 8. The standard InChI is InChI=1S/C37H58O9/c1-20(38)45-28-27(40)22(39)19-44-30(28)46-25-12-13-34(6)23(33(25,4)5)11-14-36(8)24(34)10-9-21-26-29(41)32(2,3)15-17-37(26,31(42)43)18-16-35(21,36)7/h9,22-30,39-41H,10-19H2,1-8H3,(H,42,43). The Balaban J connectivity index is 1.30. The lowest BCUT2D eigenvalue weighted by molar-refractivity contribution is -0.310. The summed E-state index contributed by atoms with van der Waals surface area (Å²) in [4.78, 5) is 24.8. The van der Waals surface area contributed by atoms with E-state index in [1.54, 1.807) is 0 Å². The van der Waals surface area contributed by atoms with Crippen molar-refractivity contribution in [3.63, 3.8) is 0 Å². The van der Waals surface area contributed by atoms with Gasteiger partial charge < -0.3 is 34.6 Å². The van der Waals surface area contributed by atoms with Crippen LogP contribution in [0.25, 0.3) is 0 Å². The molecule has 9 nitrogen and oxygen atoms in total. The number of carboxylic acid groups (broad SMARTS) is 1. The number of carboxylic acids is 1. The molecule has 4 saturated carbocycles. The van der Waals surface area contributed by atoms with Crippen LogP contribution >= 0.6 is 0 Å². The van der Waals surface area contributed by atoms with Crippen LogP contribution in [-0.2, 0) is 23.8 Å². The van der Waals surface area contributed by atoms with Crippen molar-refractivity contribution in [3.8, 4) is 0 Å². The van der Waals surface area contributed by atoms with Crippen LogP contribution in [0.2, 0.25) is 0 Å². The molecule has 0 aromatic rings. The number of hydrogen-bond donors (Lipinski definition) is 4. The number of aliphatic hydroxyl groups excluding tert-OH is 3. The number of rotatable bonds is 4. The molecule has 6 rings (SSSR count). The monoisotopic (exact) mass is 646 g/mol. The number of aliphatic hydroxyl groups is 3. The minimum Gasteiger partial charge on any atom is -0.481 e. The Kier molecular flexibility index (Phi) is 8.21. The quantitative estimate of drug-likeness (QED) is 0.183. The summed E-state index contributed by atoms with van der Waals surface area (Å²) in [6, 6.07) is 0. The zero-order valence-corrected chi connectivity index (χ0v) is 29.2. The smallest absolute Gasteiger partial charge is 0.310 e. The molecule has 13 unspecified atom stereocenters. The van der Waals surface area contributed by atoms with Crippen molar-refractivity contribution in [3.05, 3.63) is 11.6 Å². The van der Waals surface area contributed by atoms with Crippen LogP contribution in [0.5, 0.6) is 0 Å². The molecule has 9 heteroatoms. The summed E-state index contributed by atoms with van der Waals surface area (Å²) >= 11 is 0. The van der Waals surface area contributed by atoms with E-state index in [0.29, 0.717) is 31.1 Å². The normalized spacial score (nSPS) is 50.9. The van der Waals surface area contributed by atoms with Crippen LogP contribution in [0.4, 0.5) is 0 Å². The fourth-order valence-electron chi connectivity index (χ4n) is 12.2. The zero-order chi connectivity index (χ0) is 33.8. The molecule has 0 radical (unpaired) electrons. The summed E-state index contributed by atoms with van der Waals surface area (Å²) in [5.41, 5.74) is -0.544. The topological polar surface area (TPSA) is 143 Å². The van der Waals surface area contributed by atoms with Gasteiger partial charge in [-0.15, -0.1) is 0 Å². The minimum atomic E-state index is -1.29. The summed E-state index contributed by atoms with van der Waals surface area (Å²) in [7, 11) is 0. The first-order chi connectivity index (χ1) is 21.3. The molecule has 0 bridgehead atoms. The Bertz CT molecular complexity index is 1280. The van der Waals surface area contributed by atoms with E-state index in [4.69, 9.17) is 14.2 Å². The van der Waals surface area contributed by atoms with Gasteiger partial charge in [-0.2, -0.15) is 0 Å². The first kappa shape index (κ1) is 34.3. The summed E-state index contributed by atoms with van der Waals surface area (Å²) in [6.45, 7) is 17.2. The van der Waals surface area contributed by atoms with Crippen LogP contribution in [0.3, 0.4) is 0 Å². The predicted octanol–water partition coefficient (Wildman–Crippen LogP) is 5.24. The molecule has 5 aliphatic carbocycles. The first-order valence-corrected chi connectivity index (χ1v) is 17.7. The highest BCUT2D eigenvalue weighted by Crippen LogP contribution is 2.76. The van der Waals surface area contributed by atoms with Gasteiger partial charge in [-0.25, -0.2) is 0 Å². The summed E-state index contributed by atoms with van der Waals surface area (Å²) < 4.78 is 17.8. The van der Waals surface area contributed by atoms with Crippen molar-refractivity contribution < 1.29 is 44.2 Å². The summed E-state index contributed by atoms with van der Waals surface area (Å²) in [6.07, 6.45) is 4.31. The highest BCUT2D eigenvalue weighted by molar-refractivity contribution is 5.77. The maximum atomic E-state index is 13.0. The molecule has 6 aliphatic rings. The largest absolute Gasteiger partial charge is 0.481 e. The Morgan fingerprint density at radius 1 is 0.891 bits per heavy atom. The molecule has 0 amide bonds. The van der Waals surface area contributed by atoms with E-state index < -0.39 is 48.1 Å². The Hall–Kier alpha value is -1.52. The number of ether oxygens (including phenoxy) is 3. The molecule has 0 aromatic carbocycles. The molecule has 13 atom stereocenters. The maximum absolute atomic E-state index is 13.0. The molecule has 260 valence electrons. The first-order valence-electron chi connectivity index (χ1n) is 17.7. The van der Waals surface area contributed by atoms with Gasteiger partial charge in [0.25, 0.3) is 0 Å². The SMILES string of the molecule is CC(=O)OC1C(OC2CCC3(C)C(CCC4(C)C3CC=C3C5C(O)C(C)(C)CCC5(C(=O)O)CCC34C)C2(C)C)OCC(O)C1O. The van der Waals surface area contributed by atoms with Gasteiger partial charge in [0.1, 0.15) is 12.2 Å². The molecule has 0 aromatic heterocycles. The number of aliphatic carboxylic acids is 1. The molecule has 0 spiro atoms. The molecule has 5 fully saturated rings. The van der Waals surface area contributed by atoms with E-state index >= 15 is 0 Å². The summed E-state index contributed by atoms with van der Waals surface area (Å²) in [5, 5.41) is 43.4. The van der Waals surface area contributed by atoms with E-state index in [-0.39, 0.29) is 45.7 Å². The number of allylic oxidation sites excluding steroid dienone is 1.